The van der Waals surface area contributed by atoms with E-state index in [2.05, 4.69) is 24.1 Å². The number of hydrogen-bond donors (Lipinski definition) is 2. The van der Waals surface area contributed by atoms with E-state index in [1.807, 2.05) is 0 Å². The van der Waals surface area contributed by atoms with Crippen LogP contribution in [0, 0.1) is 12.3 Å². The Kier molecular flexibility index (Phi) is 7.51. The number of carbonyl (C=O) groups excluding carboxylic acids is 3. The van der Waals surface area contributed by atoms with Gasteiger partial charge in [-0.15, -0.1) is 0 Å². The van der Waals surface area contributed by atoms with E-state index < -0.39 is 11.9 Å². The third-order valence-electron chi connectivity index (χ3n) is 4.21. The van der Waals surface area contributed by atoms with Gasteiger partial charge in [0.1, 0.15) is 0 Å². The molecule has 1 saturated heterocycles. The van der Waals surface area contributed by atoms with Crippen LogP contribution in [0.25, 0.3) is 0 Å². The summed E-state index contributed by atoms with van der Waals surface area (Å²) < 4.78 is 0. The molecule has 3 N–H and O–H groups in total. The molecular weight excluding hydrogens is 282 g/mol. The van der Waals surface area contributed by atoms with Crippen molar-refractivity contribution in [3.05, 3.63) is 6.42 Å². The number of hydrogen-bond acceptors (Lipinski definition) is 4. The van der Waals surface area contributed by atoms with Gasteiger partial charge in [0.25, 0.3) is 0 Å². The van der Waals surface area contributed by atoms with Gasteiger partial charge < -0.3 is 11.1 Å². The van der Waals surface area contributed by atoms with Crippen molar-refractivity contribution in [3.8, 4) is 0 Å². The standard InChI is InChI=1S/C16H28N3O3/c1-4-9-19-10-14(20)13(7-6-12(19)3)18-15(21)8-5-11(2)16(17)22/h8,11-13H,4-7,9-10H2,1-3H3,(H2,17,22)(H,18,21)/t11-,12+,13-/m0/s1. The molecule has 125 valence electrons. The van der Waals surface area contributed by atoms with Crippen molar-refractivity contribution in [1.29, 1.82) is 0 Å². The molecule has 0 aromatic heterocycles. The second-order valence-electron chi connectivity index (χ2n) is 6.17. The highest BCUT2D eigenvalue weighted by Gasteiger charge is 2.29. The maximum atomic E-state index is 12.3. The van der Waals surface area contributed by atoms with Crippen LogP contribution in [0.4, 0.5) is 0 Å². The Bertz CT molecular complexity index is 411. The van der Waals surface area contributed by atoms with Crippen molar-refractivity contribution in [2.75, 3.05) is 13.1 Å². The molecule has 0 aromatic carbocycles. The van der Waals surface area contributed by atoms with E-state index >= 15 is 0 Å². The summed E-state index contributed by atoms with van der Waals surface area (Å²) in [6.07, 6.45) is 4.24. The lowest BCUT2D eigenvalue weighted by Crippen LogP contribution is -2.44. The number of Topliss-reactive ketones (excluding diaryl/α,β-unsaturated/α-hetero) is 1. The van der Waals surface area contributed by atoms with Gasteiger partial charge in [-0.2, -0.15) is 0 Å². The Labute approximate surface area is 132 Å². The Morgan fingerprint density at radius 2 is 2.14 bits per heavy atom. The number of primary amides is 1. The first-order chi connectivity index (χ1) is 10.3. The molecule has 1 fully saturated rings. The van der Waals surface area contributed by atoms with E-state index in [9.17, 15) is 14.4 Å². The van der Waals surface area contributed by atoms with Crippen molar-refractivity contribution in [2.45, 2.75) is 58.5 Å². The third kappa shape index (κ3) is 5.75. The summed E-state index contributed by atoms with van der Waals surface area (Å²) in [4.78, 5) is 37.3. The quantitative estimate of drug-likeness (QED) is 0.722. The predicted molar refractivity (Wildman–Crippen MR) is 84.8 cm³/mol. The minimum absolute atomic E-state index is 0.0579. The molecule has 0 saturated carbocycles. The molecule has 0 spiro atoms. The second-order valence-corrected chi connectivity index (χ2v) is 6.17. The maximum absolute atomic E-state index is 12.3. The zero-order valence-electron chi connectivity index (χ0n) is 13.8. The maximum Gasteiger partial charge on any atom is 0.224 e. The van der Waals surface area contributed by atoms with E-state index in [0.717, 1.165) is 19.4 Å². The molecular formula is C16H28N3O3. The van der Waals surface area contributed by atoms with Crippen LogP contribution in [0.1, 0.15) is 46.5 Å². The fraction of sp³-hybridized carbons (Fsp3) is 0.750. The molecule has 1 aliphatic heterocycles. The Morgan fingerprint density at radius 3 is 2.73 bits per heavy atom. The number of rotatable bonds is 7. The molecule has 22 heavy (non-hydrogen) atoms. The molecule has 1 rings (SSSR count). The van der Waals surface area contributed by atoms with Gasteiger partial charge in [-0.3, -0.25) is 19.3 Å². The smallest absolute Gasteiger partial charge is 0.224 e. The van der Waals surface area contributed by atoms with Crippen molar-refractivity contribution >= 4 is 17.6 Å². The summed E-state index contributed by atoms with van der Waals surface area (Å²) in [5.74, 6) is -1.06. The van der Waals surface area contributed by atoms with Crippen LogP contribution >= 0.6 is 0 Å². The molecule has 0 unspecified atom stereocenters. The monoisotopic (exact) mass is 310 g/mol. The number of nitrogens with zero attached hydrogens (tertiary/aromatic N) is 1. The van der Waals surface area contributed by atoms with Gasteiger partial charge >= 0.3 is 0 Å². The van der Waals surface area contributed by atoms with E-state index in [-0.39, 0.29) is 17.6 Å². The van der Waals surface area contributed by atoms with E-state index in [1.54, 1.807) is 6.92 Å². The van der Waals surface area contributed by atoms with Crippen LogP contribution in [-0.4, -0.2) is 47.7 Å². The van der Waals surface area contributed by atoms with Crippen LogP contribution in [0.5, 0.6) is 0 Å². The van der Waals surface area contributed by atoms with Gasteiger partial charge in [0.15, 0.2) is 5.78 Å². The van der Waals surface area contributed by atoms with Gasteiger partial charge in [0.2, 0.25) is 11.8 Å². The summed E-state index contributed by atoms with van der Waals surface area (Å²) in [5, 5.41) is 2.76. The summed E-state index contributed by atoms with van der Waals surface area (Å²) in [6.45, 7) is 7.17. The highest BCUT2D eigenvalue weighted by atomic mass is 16.2. The lowest BCUT2D eigenvalue weighted by atomic mass is 10.0. The topological polar surface area (TPSA) is 92.5 Å². The number of ketones is 1. The lowest BCUT2D eigenvalue weighted by molar-refractivity contribution is -0.127. The van der Waals surface area contributed by atoms with Crippen molar-refractivity contribution in [1.82, 2.24) is 10.2 Å². The van der Waals surface area contributed by atoms with Crippen molar-refractivity contribution in [2.24, 2.45) is 11.7 Å². The van der Waals surface area contributed by atoms with Gasteiger partial charge in [0.05, 0.1) is 19.0 Å². The summed E-state index contributed by atoms with van der Waals surface area (Å²) in [5.41, 5.74) is 5.16. The van der Waals surface area contributed by atoms with Crippen LogP contribution in [0.15, 0.2) is 0 Å². The number of likely N-dealkylation sites (tertiary alicyclic amines) is 1. The first kappa shape index (κ1) is 18.6. The Balaban J connectivity index is 2.49. The molecule has 0 aromatic rings. The summed E-state index contributed by atoms with van der Waals surface area (Å²) in [7, 11) is 0. The average Bonchev–Trinajstić information content (AvgIpc) is 2.58. The highest BCUT2D eigenvalue weighted by molar-refractivity contribution is 5.93. The van der Waals surface area contributed by atoms with E-state index in [1.165, 1.54) is 6.42 Å². The number of nitrogens with two attached hydrogens (primary N) is 1. The lowest BCUT2D eigenvalue weighted by Gasteiger charge is -2.25. The van der Waals surface area contributed by atoms with Crippen LogP contribution < -0.4 is 11.1 Å². The predicted octanol–water partition coefficient (Wildman–Crippen LogP) is 0.650. The summed E-state index contributed by atoms with van der Waals surface area (Å²) in [6, 6.07) is -0.0818. The first-order valence-electron chi connectivity index (χ1n) is 8.04. The van der Waals surface area contributed by atoms with Gasteiger partial charge in [0, 0.05) is 12.0 Å². The molecule has 1 heterocycles. The molecule has 0 aliphatic carbocycles. The van der Waals surface area contributed by atoms with Gasteiger partial charge in [-0.1, -0.05) is 13.8 Å². The zero-order valence-corrected chi connectivity index (χ0v) is 13.8. The third-order valence-corrected chi connectivity index (χ3v) is 4.21. The molecule has 1 aliphatic rings. The normalized spacial score (nSPS) is 24.6. The summed E-state index contributed by atoms with van der Waals surface area (Å²) >= 11 is 0. The fourth-order valence-corrected chi connectivity index (χ4v) is 2.59. The van der Waals surface area contributed by atoms with Gasteiger partial charge in [-0.05, 0) is 39.2 Å². The number of nitrogens with one attached hydrogen (secondary N) is 1. The Morgan fingerprint density at radius 1 is 1.45 bits per heavy atom. The highest BCUT2D eigenvalue weighted by Crippen LogP contribution is 2.16. The second kappa shape index (κ2) is 8.88. The molecule has 3 atom stereocenters. The molecule has 2 amide bonds. The van der Waals surface area contributed by atoms with Crippen LogP contribution in [-0.2, 0) is 14.4 Å². The van der Waals surface area contributed by atoms with E-state index in [4.69, 9.17) is 5.73 Å². The fourth-order valence-electron chi connectivity index (χ4n) is 2.59. The minimum Gasteiger partial charge on any atom is -0.369 e. The van der Waals surface area contributed by atoms with Crippen molar-refractivity contribution < 1.29 is 14.4 Å². The van der Waals surface area contributed by atoms with Crippen molar-refractivity contribution in [3.63, 3.8) is 0 Å². The van der Waals surface area contributed by atoms with Crippen LogP contribution in [0.2, 0.25) is 0 Å². The first-order valence-corrected chi connectivity index (χ1v) is 8.04. The SMILES string of the molecule is CCCN1CC(=O)[C@@H](NC(=O)[CH]C[C@H](C)C(N)=O)CC[C@H]1C. The Hall–Kier alpha value is -1.43. The molecule has 0 bridgehead atoms. The number of carbonyl (C=O) groups is 3. The average molecular weight is 310 g/mol. The zero-order chi connectivity index (χ0) is 16.7. The minimum atomic E-state index is -0.433. The number of amides is 2. The molecule has 1 radical (unpaired) electrons. The van der Waals surface area contributed by atoms with Gasteiger partial charge in [-0.25, -0.2) is 0 Å². The van der Waals surface area contributed by atoms with E-state index in [0.29, 0.717) is 25.4 Å². The molecule has 6 heteroatoms. The largest absolute Gasteiger partial charge is 0.369 e. The molecule has 6 nitrogen and oxygen atoms in total. The van der Waals surface area contributed by atoms with Crippen LogP contribution in [0.3, 0.4) is 0 Å².